The van der Waals surface area contributed by atoms with Crippen LogP contribution >= 0.6 is 31.9 Å². The molecule has 1 heterocycles. The Hall–Kier alpha value is -0.580. The van der Waals surface area contributed by atoms with Crippen LogP contribution in [0.1, 0.15) is 25.1 Å². The molecule has 2 N–H and O–H groups in total. The number of rotatable bonds is 3. The lowest BCUT2D eigenvalue weighted by atomic mass is 10.2. The number of benzene rings is 1. The standard InChI is InChI=1S/C13H13Br2NO/c1-2-11(16)13-6-5-12(17-13)9-4-3-8(14)7-10(9)15/h3-7,11H,2,16H2,1H3. The van der Waals surface area contributed by atoms with E-state index in [9.17, 15) is 0 Å². The summed E-state index contributed by atoms with van der Waals surface area (Å²) in [6.45, 7) is 2.04. The Kier molecular flexibility index (Phi) is 4.07. The first-order chi connectivity index (χ1) is 8.11. The predicted molar refractivity (Wildman–Crippen MR) is 76.8 cm³/mol. The molecule has 0 bridgehead atoms. The van der Waals surface area contributed by atoms with E-state index in [1.54, 1.807) is 0 Å². The Morgan fingerprint density at radius 3 is 2.65 bits per heavy atom. The van der Waals surface area contributed by atoms with Gasteiger partial charge in [-0.05, 0) is 52.7 Å². The maximum Gasteiger partial charge on any atom is 0.135 e. The summed E-state index contributed by atoms with van der Waals surface area (Å²) in [5, 5.41) is 0. The second-order valence-electron chi connectivity index (χ2n) is 3.84. The molecule has 17 heavy (non-hydrogen) atoms. The molecule has 4 heteroatoms. The van der Waals surface area contributed by atoms with E-state index < -0.39 is 0 Å². The summed E-state index contributed by atoms with van der Waals surface area (Å²) >= 11 is 6.95. The molecule has 0 saturated heterocycles. The number of nitrogens with two attached hydrogens (primary N) is 1. The molecule has 0 amide bonds. The van der Waals surface area contributed by atoms with Gasteiger partial charge < -0.3 is 10.2 Å². The summed E-state index contributed by atoms with van der Waals surface area (Å²) in [6, 6.07) is 9.86. The molecule has 2 nitrogen and oxygen atoms in total. The van der Waals surface area contributed by atoms with Gasteiger partial charge in [-0.2, -0.15) is 0 Å². The van der Waals surface area contributed by atoms with Gasteiger partial charge in [0.2, 0.25) is 0 Å². The van der Waals surface area contributed by atoms with Crippen molar-refractivity contribution < 1.29 is 4.42 Å². The summed E-state index contributed by atoms with van der Waals surface area (Å²) in [7, 11) is 0. The smallest absolute Gasteiger partial charge is 0.135 e. The first-order valence-corrected chi connectivity index (χ1v) is 7.01. The normalized spacial score (nSPS) is 12.7. The second-order valence-corrected chi connectivity index (χ2v) is 5.61. The molecule has 1 unspecified atom stereocenters. The maximum atomic E-state index is 5.93. The van der Waals surface area contributed by atoms with E-state index in [2.05, 4.69) is 31.9 Å². The molecule has 0 aliphatic heterocycles. The lowest BCUT2D eigenvalue weighted by molar-refractivity contribution is 0.470. The largest absolute Gasteiger partial charge is 0.459 e. The predicted octanol–water partition coefficient (Wildman–Crippen LogP) is 4.88. The van der Waals surface area contributed by atoms with Crippen LogP contribution in [-0.2, 0) is 0 Å². The van der Waals surface area contributed by atoms with Crippen LogP contribution in [0.25, 0.3) is 11.3 Å². The zero-order chi connectivity index (χ0) is 12.4. The molecule has 90 valence electrons. The summed E-state index contributed by atoms with van der Waals surface area (Å²) in [4.78, 5) is 0. The van der Waals surface area contributed by atoms with Gasteiger partial charge in [0.05, 0.1) is 6.04 Å². The Morgan fingerprint density at radius 1 is 1.24 bits per heavy atom. The van der Waals surface area contributed by atoms with Crippen LogP contribution in [0.4, 0.5) is 0 Å². The Balaban J connectivity index is 2.37. The van der Waals surface area contributed by atoms with E-state index in [4.69, 9.17) is 10.2 Å². The van der Waals surface area contributed by atoms with Crippen molar-refractivity contribution in [2.24, 2.45) is 5.73 Å². The molecule has 0 radical (unpaired) electrons. The fourth-order valence-corrected chi connectivity index (χ4v) is 2.83. The van der Waals surface area contributed by atoms with Crippen molar-refractivity contribution in [2.45, 2.75) is 19.4 Å². The third-order valence-corrected chi connectivity index (χ3v) is 3.78. The molecule has 0 aliphatic carbocycles. The van der Waals surface area contributed by atoms with E-state index in [1.165, 1.54) is 0 Å². The fourth-order valence-electron chi connectivity index (χ4n) is 1.59. The van der Waals surface area contributed by atoms with E-state index in [-0.39, 0.29) is 6.04 Å². The van der Waals surface area contributed by atoms with E-state index >= 15 is 0 Å². The SMILES string of the molecule is CCC(N)c1ccc(-c2ccc(Br)cc2Br)o1. The van der Waals surface area contributed by atoms with Crippen molar-refractivity contribution in [3.63, 3.8) is 0 Å². The summed E-state index contributed by atoms with van der Waals surface area (Å²) in [6.07, 6.45) is 0.870. The van der Waals surface area contributed by atoms with Crippen LogP contribution in [0.15, 0.2) is 43.7 Å². The molecule has 1 atom stereocenters. The van der Waals surface area contributed by atoms with Gasteiger partial charge in [-0.3, -0.25) is 0 Å². The summed E-state index contributed by atoms with van der Waals surface area (Å²) in [5.41, 5.74) is 6.97. The van der Waals surface area contributed by atoms with Gasteiger partial charge in [-0.15, -0.1) is 0 Å². The van der Waals surface area contributed by atoms with Gasteiger partial charge in [0.1, 0.15) is 11.5 Å². The highest BCUT2D eigenvalue weighted by Gasteiger charge is 2.12. The summed E-state index contributed by atoms with van der Waals surface area (Å²) < 4.78 is 7.80. The van der Waals surface area contributed by atoms with Crippen molar-refractivity contribution in [1.82, 2.24) is 0 Å². The van der Waals surface area contributed by atoms with E-state index in [1.807, 2.05) is 37.3 Å². The number of hydrogen-bond donors (Lipinski definition) is 1. The first-order valence-electron chi connectivity index (χ1n) is 5.42. The molecule has 0 aliphatic rings. The number of hydrogen-bond acceptors (Lipinski definition) is 2. The van der Waals surface area contributed by atoms with Crippen LogP contribution in [0.3, 0.4) is 0 Å². The van der Waals surface area contributed by atoms with Crippen molar-refractivity contribution in [2.75, 3.05) is 0 Å². The topological polar surface area (TPSA) is 39.2 Å². The Morgan fingerprint density at radius 2 is 2.00 bits per heavy atom. The number of furan rings is 1. The highest BCUT2D eigenvalue weighted by molar-refractivity contribution is 9.11. The van der Waals surface area contributed by atoms with Gasteiger partial charge in [-0.25, -0.2) is 0 Å². The first kappa shape index (κ1) is 12.9. The molecule has 0 fully saturated rings. The molecular formula is C13H13Br2NO. The number of halogens is 2. The van der Waals surface area contributed by atoms with Crippen molar-refractivity contribution >= 4 is 31.9 Å². The lowest BCUT2D eigenvalue weighted by Crippen LogP contribution is -2.06. The Labute approximate surface area is 117 Å². The van der Waals surface area contributed by atoms with Crippen LogP contribution in [-0.4, -0.2) is 0 Å². The zero-order valence-electron chi connectivity index (χ0n) is 9.41. The maximum absolute atomic E-state index is 5.93. The minimum atomic E-state index is -0.0297. The fraction of sp³-hybridized carbons (Fsp3) is 0.231. The molecule has 1 aromatic heterocycles. The molecule has 1 aromatic carbocycles. The van der Waals surface area contributed by atoms with Crippen LogP contribution in [0.5, 0.6) is 0 Å². The van der Waals surface area contributed by atoms with Crippen LogP contribution in [0.2, 0.25) is 0 Å². The molecular weight excluding hydrogens is 346 g/mol. The van der Waals surface area contributed by atoms with Gasteiger partial charge in [0.15, 0.2) is 0 Å². The monoisotopic (exact) mass is 357 g/mol. The lowest BCUT2D eigenvalue weighted by Gasteiger charge is -2.05. The molecule has 0 spiro atoms. The molecule has 2 aromatic rings. The van der Waals surface area contributed by atoms with Crippen molar-refractivity contribution in [1.29, 1.82) is 0 Å². The summed E-state index contributed by atoms with van der Waals surface area (Å²) in [5.74, 6) is 1.67. The minimum Gasteiger partial charge on any atom is -0.459 e. The van der Waals surface area contributed by atoms with Gasteiger partial charge in [0.25, 0.3) is 0 Å². The third-order valence-electron chi connectivity index (χ3n) is 2.63. The zero-order valence-corrected chi connectivity index (χ0v) is 12.6. The highest BCUT2D eigenvalue weighted by Crippen LogP contribution is 2.33. The van der Waals surface area contributed by atoms with Crippen LogP contribution < -0.4 is 5.73 Å². The molecule has 2 rings (SSSR count). The average Bonchev–Trinajstić information content (AvgIpc) is 2.77. The minimum absolute atomic E-state index is 0.0297. The quantitative estimate of drug-likeness (QED) is 0.848. The third kappa shape index (κ3) is 2.81. The van der Waals surface area contributed by atoms with Gasteiger partial charge in [-0.1, -0.05) is 22.9 Å². The second kappa shape index (κ2) is 5.38. The Bertz CT molecular complexity index is 522. The highest BCUT2D eigenvalue weighted by atomic mass is 79.9. The molecule has 0 saturated carbocycles. The van der Waals surface area contributed by atoms with E-state index in [0.29, 0.717) is 0 Å². The van der Waals surface area contributed by atoms with Gasteiger partial charge >= 0.3 is 0 Å². The van der Waals surface area contributed by atoms with Crippen molar-refractivity contribution in [3.8, 4) is 11.3 Å². The van der Waals surface area contributed by atoms with E-state index in [0.717, 1.165) is 32.5 Å². The van der Waals surface area contributed by atoms with Crippen LogP contribution in [0, 0.1) is 0 Å². The van der Waals surface area contributed by atoms with Gasteiger partial charge in [0, 0.05) is 14.5 Å². The average molecular weight is 359 g/mol. The van der Waals surface area contributed by atoms with Crippen molar-refractivity contribution in [3.05, 3.63) is 45.0 Å².